The van der Waals surface area contributed by atoms with E-state index in [9.17, 15) is 0 Å². The highest BCUT2D eigenvalue weighted by Gasteiger charge is 2.16. The first kappa shape index (κ1) is 17.0. The quantitative estimate of drug-likeness (QED) is 0.235. The highest BCUT2D eigenvalue weighted by molar-refractivity contribution is 7.19. The fraction of sp³-hybridized carbons (Fsp3) is 0. The number of rotatable bonds is 5. The van der Waals surface area contributed by atoms with Crippen LogP contribution in [-0.4, -0.2) is 0 Å². The van der Waals surface area contributed by atoms with E-state index in [1.807, 2.05) is 78.9 Å². The van der Waals surface area contributed by atoms with Gasteiger partial charge in [0.25, 0.3) is 0 Å². The molecule has 0 spiro atoms. The molecule has 0 fully saturated rings. The predicted molar refractivity (Wildman–Crippen MR) is 157 cm³/mol. The summed E-state index contributed by atoms with van der Waals surface area (Å²) >= 11 is 1.68. The molecule has 37 heavy (non-hydrogen) atoms. The molecule has 0 unspecified atom stereocenters. The monoisotopic (exact) mass is 498 g/mol. The van der Waals surface area contributed by atoms with Crippen molar-refractivity contribution in [3.05, 3.63) is 139 Å². The summed E-state index contributed by atoms with van der Waals surface area (Å²) in [6.07, 6.45) is 0. The van der Waals surface area contributed by atoms with Crippen LogP contribution >= 0.6 is 11.3 Å². The Kier molecular flexibility index (Phi) is 4.18. The second-order valence-electron chi connectivity index (χ2n) is 8.66. The van der Waals surface area contributed by atoms with Crippen molar-refractivity contribution in [2.75, 3.05) is 4.90 Å². The Bertz CT molecular complexity index is 2070. The van der Waals surface area contributed by atoms with Crippen molar-refractivity contribution in [1.82, 2.24) is 0 Å². The van der Waals surface area contributed by atoms with Gasteiger partial charge in [-0.05, 0) is 77.4 Å². The van der Waals surface area contributed by atoms with Gasteiger partial charge in [-0.25, -0.2) is 0 Å². The fourth-order valence-electron chi connectivity index (χ4n) is 4.63. The van der Waals surface area contributed by atoms with Gasteiger partial charge in [0.05, 0.1) is 6.85 Å². The lowest BCUT2D eigenvalue weighted by Gasteiger charge is -2.23. The van der Waals surface area contributed by atoms with E-state index in [0.29, 0.717) is 5.56 Å². The van der Waals surface area contributed by atoms with Gasteiger partial charge in [-0.3, -0.25) is 0 Å². The van der Waals surface area contributed by atoms with Crippen LogP contribution in [0.3, 0.4) is 0 Å². The second-order valence-corrected chi connectivity index (χ2v) is 9.73. The van der Waals surface area contributed by atoms with Crippen molar-refractivity contribution in [3.8, 4) is 21.6 Å². The molecule has 0 saturated heterocycles. The number of thiophene rings is 1. The smallest absolute Gasteiger partial charge is 0.135 e. The Hall–Kier alpha value is -4.60. The van der Waals surface area contributed by atoms with E-state index in [1.165, 1.54) is 0 Å². The minimum atomic E-state index is -0.394. The maximum absolute atomic E-state index is 8.36. The molecule has 0 aliphatic rings. The molecule has 7 aromatic rings. The van der Waals surface area contributed by atoms with Crippen LogP contribution in [0.4, 0.5) is 16.4 Å². The number of fused-ring (bicyclic) bond motifs is 3. The van der Waals surface area contributed by atoms with Gasteiger partial charge in [0, 0.05) is 27.0 Å². The van der Waals surface area contributed by atoms with Gasteiger partial charge in [0.2, 0.25) is 0 Å². The van der Waals surface area contributed by atoms with E-state index >= 15 is 0 Å². The van der Waals surface area contributed by atoms with Gasteiger partial charge < -0.3 is 9.32 Å². The normalized spacial score (nSPS) is 13.1. The Morgan fingerprint density at radius 2 is 1.27 bits per heavy atom. The third kappa shape index (κ3) is 4.00. The first-order valence-electron chi connectivity index (χ1n) is 14.4. The summed E-state index contributed by atoms with van der Waals surface area (Å²) in [4.78, 5) is 3.28. The molecule has 2 nitrogen and oxygen atoms in total. The van der Waals surface area contributed by atoms with Gasteiger partial charge in [-0.1, -0.05) is 78.7 Å². The maximum atomic E-state index is 8.36. The summed E-state index contributed by atoms with van der Waals surface area (Å²) < 4.78 is 46.7. The molecule has 0 aliphatic carbocycles. The van der Waals surface area contributed by atoms with Crippen LogP contribution in [0.25, 0.3) is 43.5 Å². The molecular formula is C34H23NOS. The summed E-state index contributed by atoms with van der Waals surface area (Å²) in [5.74, 6) is 0. The van der Waals surface area contributed by atoms with Gasteiger partial charge in [0.1, 0.15) is 16.2 Å². The van der Waals surface area contributed by atoms with Gasteiger partial charge in [0.15, 0.2) is 0 Å². The molecule has 176 valence electrons. The summed E-state index contributed by atoms with van der Waals surface area (Å²) in [6, 6.07) is 34.6. The van der Waals surface area contributed by atoms with E-state index in [0.717, 1.165) is 48.8 Å². The lowest BCUT2D eigenvalue weighted by molar-refractivity contribution is 0.669. The molecule has 0 atom stereocenters. The van der Waals surface area contributed by atoms with Crippen LogP contribution in [-0.2, 0) is 0 Å². The Morgan fingerprint density at radius 1 is 0.568 bits per heavy atom. The van der Waals surface area contributed by atoms with E-state index in [2.05, 4.69) is 35.2 Å². The van der Waals surface area contributed by atoms with Crippen LogP contribution in [0.15, 0.2) is 144 Å². The zero-order chi connectivity index (χ0) is 29.0. The molecule has 0 N–H and O–H groups in total. The molecule has 0 bridgehead atoms. The molecule has 2 aromatic heterocycles. The molecule has 0 amide bonds. The largest absolute Gasteiger partial charge is 0.456 e. The highest BCUT2D eigenvalue weighted by Crippen LogP contribution is 2.43. The van der Waals surface area contributed by atoms with Gasteiger partial charge in [-0.15, -0.1) is 11.3 Å². The van der Waals surface area contributed by atoms with Crippen molar-refractivity contribution in [2.45, 2.75) is 0 Å². The molecule has 5 aromatic carbocycles. The molecule has 3 heteroatoms. The van der Waals surface area contributed by atoms with Crippen LogP contribution in [0.5, 0.6) is 0 Å². The van der Waals surface area contributed by atoms with Crippen LogP contribution in [0.1, 0.15) is 6.85 Å². The summed E-state index contributed by atoms with van der Waals surface area (Å²) in [7, 11) is 0. The van der Waals surface area contributed by atoms with Crippen LogP contribution < -0.4 is 4.90 Å². The minimum Gasteiger partial charge on any atom is -0.456 e. The second kappa shape index (κ2) is 9.12. The predicted octanol–water partition coefficient (Wildman–Crippen LogP) is 10.5. The van der Waals surface area contributed by atoms with E-state index < -0.39 is 6.04 Å². The Labute approximate surface area is 226 Å². The van der Waals surface area contributed by atoms with E-state index in [4.69, 9.17) is 11.3 Å². The van der Waals surface area contributed by atoms with Crippen molar-refractivity contribution in [3.63, 3.8) is 0 Å². The Balaban J connectivity index is 1.29. The minimum absolute atomic E-state index is 0.194. The SMILES string of the molecule is [2H]c1c([2H])c([2H])c(-c2ccc(N(c3ccccc3)c3ccc(-c4ccc5oc6ccccc6c5c4)s3)cc2)c([2H])c1[2H]. The number of nitrogens with zero attached hydrogens (tertiary/aromatic N) is 1. The zero-order valence-corrected chi connectivity index (χ0v) is 20.5. The number of hydrogen-bond acceptors (Lipinski definition) is 3. The number of anilines is 3. The molecule has 0 saturated carbocycles. The van der Waals surface area contributed by atoms with Crippen molar-refractivity contribution in [2.24, 2.45) is 0 Å². The summed E-state index contributed by atoms with van der Waals surface area (Å²) in [5.41, 5.74) is 5.48. The molecular weight excluding hydrogens is 470 g/mol. The molecule has 0 aliphatic heterocycles. The van der Waals surface area contributed by atoms with E-state index in [1.54, 1.807) is 11.3 Å². The maximum Gasteiger partial charge on any atom is 0.135 e. The summed E-state index contributed by atoms with van der Waals surface area (Å²) in [5, 5.41) is 3.20. The lowest BCUT2D eigenvalue weighted by Crippen LogP contribution is -2.07. The third-order valence-corrected chi connectivity index (χ3v) is 7.52. The standard InChI is InChI=1S/C34H23NOS/c1-3-9-24(10-4-1)25-15-18-28(19-16-25)35(27-11-5-2-6-12-27)34-22-21-33(37-34)26-17-20-32-30(23-26)29-13-7-8-14-31(29)36-32/h1-23H/i1D,3D,4D,9D,10D. The van der Waals surface area contributed by atoms with Gasteiger partial charge >= 0.3 is 0 Å². The molecule has 2 heterocycles. The number of para-hydroxylation sites is 2. The number of hydrogen-bond donors (Lipinski definition) is 0. The first-order chi connectivity index (χ1) is 20.4. The topological polar surface area (TPSA) is 16.4 Å². The van der Waals surface area contributed by atoms with Crippen LogP contribution in [0.2, 0.25) is 0 Å². The average molecular weight is 499 g/mol. The number of benzene rings is 5. The average Bonchev–Trinajstić information content (AvgIpc) is 3.65. The Morgan fingerprint density at radius 3 is 2.11 bits per heavy atom. The van der Waals surface area contributed by atoms with E-state index in [-0.39, 0.29) is 29.7 Å². The lowest BCUT2D eigenvalue weighted by atomic mass is 10.1. The highest BCUT2D eigenvalue weighted by atomic mass is 32.1. The van der Waals surface area contributed by atoms with Crippen molar-refractivity contribution >= 4 is 49.7 Å². The first-order valence-corrected chi connectivity index (χ1v) is 12.8. The zero-order valence-electron chi connectivity index (χ0n) is 24.7. The molecule has 7 rings (SSSR count). The van der Waals surface area contributed by atoms with Crippen molar-refractivity contribution in [1.29, 1.82) is 0 Å². The summed E-state index contributed by atoms with van der Waals surface area (Å²) in [6.45, 7) is 0. The molecule has 0 radical (unpaired) electrons. The fourth-order valence-corrected chi connectivity index (χ4v) is 5.68. The van der Waals surface area contributed by atoms with Gasteiger partial charge in [-0.2, -0.15) is 0 Å². The van der Waals surface area contributed by atoms with Crippen LogP contribution in [0, 0.1) is 0 Å². The van der Waals surface area contributed by atoms with Crippen molar-refractivity contribution < 1.29 is 11.3 Å². The third-order valence-electron chi connectivity index (χ3n) is 6.40. The number of furan rings is 1.